The Hall–Kier alpha value is -2.87. The van der Waals surface area contributed by atoms with Crippen LogP contribution in [0.25, 0.3) is 0 Å². The summed E-state index contributed by atoms with van der Waals surface area (Å²) < 4.78 is 11.1. The Morgan fingerprint density at radius 3 is 2.75 bits per heavy atom. The van der Waals surface area contributed by atoms with Gasteiger partial charge in [0, 0.05) is 18.0 Å². The molecule has 7 nitrogen and oxygen atoms in total. The molecule has 0 aromatic heterocycles. The first-order valence-corrected chi connectivity index (χ1v) is 9.50. The van der Waals surface area contributed by atoms with Crippen molar-refractivity contribution in [2.75, 3.05) is 25.7 Å². The maximum Gasteiger partial charge on any atom is 0.414 e. The van der Waals surface area contributed by atoms with Crippen LogP contribution in [0.1, 0.15) is 17.2 Å². The lowest BCUT2D eigenvalue weighted by Crippen LogP contribution is -2.51. The molecule has 0 aliphatic carbocycles. The summed E-state index contributed by atoms with van der Waals surface area (Å²) in [5.74, 6) is 0.483. The molecular weight excluding hydrogens is 426 g/mol. The molecule has 0 spiro atoms. The summed E-state index contributed by atoms with van der Waals surface area (Å²) >= 11 is 3.50. The van der Waals surface area contributed by atoms with Crippen molar-refractivity contribution in [3.8, 4) is 5.75 Å². The number of urea groups is 1. The zero-order valence-corrected chi connectivity index (χ0v) is 16.9. The minimum atomic E-state index is -0.446. The van der Waals surface area contributed by atoms with Gasteiger partial charge >= 0.3 is 12.1 Å². The largest absolute Gasteiger partial charge is 0.496 e. The van der Waals surface area contributed by atoms with Gasteiger partial charge in [-0.15, -0.1) is 0 Å². The zero-order valence-electron chi connectivity index (χ0n) is 15.3. The van der Waals surface area contributed by atoms with E-state index in [-0.39, 0.29) is 12.0 Å². The number of halogens is 1. The Labute approximate surface area is 170 Å². The van der Waals surface area contributed by atoms with Gasteiger partial charge in [-0.2, -0.15) is 4.99 Å². The van der Waals surface area contributed by atoms with Crippen LogP contribution < -0.4 is 15.0 Å². The summed E-state index contributed by atoms with van der Waals surface area (Å²) in [5.41, 5.74) is 3.02. The van der Waals surface area contributed by atoms with E-state index in [1.807, 2.05) is 42.5 Å². The number of methoxy groups -OCH3 is 2. The number of amides is 3. The van der Waals surface area contributed by atoms with Crippen LogP contribution >= 0.6 is 15.9 Å². The third-order valence-electron chi connectivity index (χ3n) is 5.03. The average molecular weight is 444 g/mol. The van der Waals surface area contributed by atoms with Crippen molar-refractivity contribution in [2.24, 2.45) is 10.9 Å². The lowest BCUT2D eigenvalue weighted by molar-refractivity contribution is 0.177. The maximum atomic E-state index is 12.4. The Balaban J connectivity index is 1.82. The molecule has 0 saturated carbocycles. The monoisotopic (exact) mass is 443 g/mol. The van der Waals surface area contributed by atoms with E-state index in [0.29, 0.717) is 23.7 Å². The van der Waals surface area contributed by atoms with Crippen molar-refractivity contribution in [1.82, 2.24) is 5.32 Å². The summed E-state index contributed by atoms with van der Waals surface area (Å²) in [4.78, 5) is 30.6. The molecule has 4 rings (SSSR count). The van der Waals surface area contributed by atoms with Crippen LogP contribution in [0.4, 0.5) is 15.3 Å². The lowest BCUT2D eigenvalue weighted by atomic mass is 9.81. The molecule has 0 fully saturated rings. The van der Waals surface area contributed by atoms with Gasteiger partial charge in [0.2, 0.25) is 0 Å². The molecule has 28 heavy (non-hydrogen) atoms. The number of fused-ring (bicyclic) bond motifs is 3. The number of rotatable bonds is 2. The molecule has 8 heteroatoms. The fraction of sp³-hybridized carbons (Fsp3) is 0.250. The van der Waals surface area contributed by atoms with E-state index >= 15 is 0 Å². The third kappa shape index (κ3) is 3.03. The molecule has 2 unspecified atom stereocenters. The Bertz CT molecular complexity index is 991. The highest BCUT2D eigenvalue weighted by Gasteiger charge is 2.42. The zero-order chi connectivity index (χ0) is 19.8. The highest BCUT2D eigenvalue weighted by atomic mass is 79.9. The van der Waals surface area contributed by atoms with E-state index < -0.39 is 12.1 Å². The van der Waals surface area contributed by atoms with E-state index in [1.54, 1.807) is 12.0 Å². The predicted molar refractivity (Wildman–Crippen MR) is 108 cm³/mol. The summed E-state index contributed by atoms with van der Waals surface area (Å²) in [5, 5.41) is 2.94. The quantitative estimate of drug-likeness (QED) is 0.762. The predicted octanol–water partition coefficient (Wildman–Crippen LogP) is 3.91. The fourth-order valence-corrected chi connectivity index (χ4v) is 4.32. The van der Waals surface area contributed by atoms with Gasteiger partial charge in [0.05, 0.1) is 36.1 Å². The van der Waals surface area contributed by atoms with Gasteiger partial charge in [0.15, 0.2) is 0 Å². The number of para-hydroxylation sites is 1. The normalized spacial score (nSPS) is 20.5. The van der Waals surface area contributed by atoms with Crippen molar-refractivity contribution in [2.45, 2.75) is 6.04 Å². The second kappa shape index (κ2) is 7.27. The molecule has 0 saturated heterocycles. The minimum Gasteiger partial charge on any atom is -0.496 e. The number of benzene rings is 2. The summed E-state index contributed by atoms with van der Waals surface area (Å²) in [7, 11) is 2.95. The van der Waals surface area contributed by atoms with Gasteiger partial charge in [-0.3, -0.25) is 4.90 Å². The highest BCUT2D eigenvalue weighted by molar-refractivity contribution is 9.10. The Kier molecular flexibility index (Phi) is 4.80. The van der Waals surface area contributed by atoms with Crippen molar-refractivity contribution >= 4 is 39.5 Å². The molecule has 2 aliphatic rings. The number of hydrogen-bond acceptors (Lipinski definition) is 4. The van der Waals surface area contributed by atoms with Crippen molar-refractivity contribution < 1.29 is 19.1 Å². The van der Waals surface area contributed by atoms with E-state index in [1.165, 1.54) is 7.11 Å². The number of nitrogens with zero attached hydrogens (tertiary/aromatic N) is 2. The first kappa shape index (κ1) is 18.5. The van der Waals surface area contributed by atoms with Crippen molar-refractivity contribution in [3.05, 3.63) is 58.1 Å². The first-order chi connectivity index (χ1) is 13.5. The van der Waals surface area contributed by atoms with Gasteiger partial charge in [-0.1, -0.05) is 24.3 Å². The Morgan fingerprint density at radius 1 is 1.25 bits per heavy atom. The van der Waals surface area contributed by atoms with Crippen LogP contribution in [0.15, 0.2) is 51.9 Å². The first-order valence-electron chi connectivity index (χ1n) is 8.71. The van der Waals surface area contributed by atoms with Gasteiger partial charge in [-0.25, -0.2) is 9.59 Å². The molecule has 2 atom stereocenters. The molecule has 0 radical (unpaired) electrons. The SMILES string of the molecule is COC(=O)N1CC2C(=NC(=O)NC2c2ccc(OC)c(Br)c2)c2ccccc21. The molecule has 2 aromatic carbocycles. The van der Waals surface area contributed by atoms with E-state index in [2.05, 4.69) is 26.2 Å². The lowest BCUT2D eigenvalue weighted by Gasteiger charge is -2.40. The molecule has 3 amide bonds. The summed E-state index contributed by atoms with van der Waals surface area (Å²) in [6.07, 6.45) is -0.446. The summed E-state index contributed by atoms with van der Waals surface area (Å²) in [6, 6.07) is 12.3. The standard InChI is InChI=1S/C20H18BrN3O4/c1-27-16-8-7-11(9-14(16)21)17-13-10-24(20(26)28-2)15-6-4-3-5-12(15)18(13)23-19(25)22-17/h3-9,13,17H,10H2,1-2H3,(H,22,25). The molecular formula is C20H18BrN3O4. The van der Waals surface area contributed by atoms with Gasteiger partial charge in [0.1, 0.15) is 5.75 Å². The number of nitrogens with one attached hydrogen (secondary N) is 1. The van der Waals surface area contributed by atoms with Crippen LogP contribution in [-0.4, -0.2) is 38.6 Å². The van der Waals surface area contributed by atoms with E-state index in [9.17, 15) is 9.59 Å². The molecule has 1 N–H and O–H groups in total. The molecule has 2 heterocycles. The van der Waals surface area contributed by atoms with Crippen LogP contribution in [-0.2, 0) is 4.74 Å². The fourth-order valence-electron chi connectivity index (χ4n) is 3.76. The molecule has 0 bridgehead atoms. The van der Waals surface area contributed by atoms with Crippen LogP contribution in [0.3, 0.4) is 0 Å². The van der Waals surface area contributed by atoms with Gasteiger partial charge < -0.3 is 14.8 Å². The number of carbonyl (C=O) groups excluding carboxylic acids is 2. The molecule has 144 valence electrons. The smallest absolute Gasteiger partial charge is 0.414 e. The van der Waals surface area contributed by atoms with E-state index in [4.69, 9.17) is 9.47 Å². The Morgan fingerprint density at radius 2 is 2.04 bits per heavy atom. The minimum absolute atomic E-state index is 0.216. The average Bonchev–Trinajstić information content (AvgIpc) is 2.72. The number of carbonyl (C=O) groups is 2. The third-order valence-corrected chi connectivity index (χ3v) is 5.65. The number of anilines is 1. The highest BCUT2D eigenvalue weighted by Crippen LogP contribution is 2.39. The van der Waals surface area contributed by atoms with Gasteiger partial charge in [0.25, 0.3) is 0 Å². The van der Waals surface area contributed by atoms with Crippen LogP contribution in [0.2, 0.25) is 0 Å². The van der Waals surface area contributed by atoms with Gasteiger partial charge in [-0.05, 0) is 39.7 Å². The number of ether oxygens (including phenoxy) is 2. The summed E-state index contributed by atoms with van der Waals surface area (Å²) in [6.45, 7) is 0.344. The maximum absolute atomic E-state index is 12.4. The second-order valence-electron chi connectivity index (χ2n) is 6.52. The molecule has 2 aliphatic heterocycles. The van der Waals surface area contributed by atoms with E-state index in [0.717, 1.165) is 15.6 Å². The second-order valence-corrected chi connectivity index (χ2v) is 7.38. The van der Waals surface area contributed by atoms with Crippen molar-refractivity contribution in [3.63, 3.8) is 0 Å². The molecule has 2 aromatic rings. The van der Waals surface area contributed by atoms with Crippen LogP contribution in [0, 0.1) is 5.92 Å². The topological polar surface area (TPSA) is 80.2 Å². The van der Waals surface area contributed by atoms with Crippen LogP contribution in [0.5, 0.6) is 5.75 Å². The number of hydrogen-bond donors (Lipinski definition) is 1. The van der Waals surface area contributed by atoms with Crippen molar-refractivity contribution in [1.29, 1.82) is 0 Å². The number of aliphatic imine (C=N–C) groups is 1.